The highest BCUT2D eigenvalue weighted by molar-refractivity contribution is 5.73. The summed E-state index contributed by atoms with van der Waals surface area (Å²) in [6.45, 7) is 10.1. The van der Waals surface area contributed by atoms with Gasteiger partial charge in [-0.05, 0) is 25.7 Å². The third-order valence-electron chi connectivity index (χ3n) is 2.66. The molecule has 14 heavy (non-hydrogen) atoms. The smallest absolute Gasteiger partial charge is 0.309 e. The lowest BCUT2D eigenvalue weighted by Crippen LogP contribution is -2.25. The Morgan fingerprint density at radius 1 is 1.36 bits per heavy atom. The van der Waals surface area contributed by atoms with Crippen LogP contribution in [0.15, 0.2) is 12.2 Å². The van der Waals surface area contributed by atoms with Crippen LogP contribution in [0.1, 0.15) is 40.0 Å². The van der Waals surface area contributed by atoms with Gasteiger partial charge in [0.15, 0.2) is 0 Å². The molecular formula is C12H22O2. The van der Waals surface area contributed by atoms with E-state index >= 15 is 0 Å². The molecule has 0 aliphatic heterocycles. The molecule has 0 saturated heterocycles. The van der Waals surface area contributed by atoms with Gasteiger partial charge in [-0.2, -0.15) is 0 Å². The minimum absolute atomic E-state index is 0.0163. The molecule has 0 spiro atoms. The van der Waals surface area contributed by atoms with Gasteiger partial charge in [-0.1, -0.05) is 32.4 Å². The van der Waals surface area contributed by atoms with Gasteiger partial charge in [0.05, 0.1) is 13.0 Å². The molecule has 2 atom stereocenters. The molecule has 0 unspecified atom stereocenters. The summed E-state index contributed by atoms with van der Waals surface area (Å²) in [6.07, 6.45) is 2.91. The third kappa shape index (κ3) is 3.52. The molecule has 0 aliphatic carbocycles. The summed E-state index contributed by atoms with van der Waals surface area (Å²) >= 11 is 0. The van der Waals surface area contributed by atoms with Crippen molar-refractivity contribution in [3.63, 3.8) is 0 Å². The number of methoxy groups -OCH3 is 1. The molecule has 0 rings (SSSR count). The number of hydrogen-bond donors (Lipinski definition) is 0. The maximum absolute atomic E-state index is 11.5. The number of carbonyl (C=O) groups excluding carboxylic acids is 1. The highest BCUT2D eigenvalue weighted by Crippen LogP contribution is 2.27. The fraction of sp³-hybridized carbons (Fsp3) is 0.750. The van der Waals surface area contributed by atoms with Gasteiger partial charge in [-0.3, -0.25) is 4.79 Å². The molecule has 82 valence electrons. The minimum atomic E-state index is -0.103. The van der Waals surface area contributed by atoms with Gasteiger partial charge in [-0.15, -0.1) is 0 Å². The van der Waals surface area contributed by atoms with Gasteiger partial charge < -0.3 is 4.74 Å². The van der Waals surface area contributed by atoms with Crippen molar-refractivity contribution in [2.24, 2.45) is 11.8 Å². The first-order valence-corrected chi connectivity index (χ1v) is 5.31. The molecule has 0 saturated carbocycles. The molecule has 0 aromatic heterocycles. The monoisotopic (exact) mass is 198 g/mol. The van der Waals surface area contributed by atoms with Crippen molar-refractivity contribution in [1.29, 1.82) is 0 Å². The SMILES string of the molecule is C=C(C)[C@H](CCC)[C@H](CC)C(=O)OC. The van der Waals surface area contributed by atoms with Crippen molar-refractivity contribution < 1.29 is 9.53 Å². The van der Waals surface area contributed by atoms with Gasteiger partial charge in [0, 0.05) is 0 Å². The number of carbonyl (C=O) groups is 1. The first-order valence-electron chi connectivity index (χ1n) is 5.31. The van der Waals surface area contributed by atoms with Crippen LogP contribution in [0.4, 0.5) is 0 Å². The van der Waals surface area contributed by atoms with Gasteiger partial charge >= 0.3 is 5.97 Å². The van der Waals surface area contributed by atoms with E-state index in [1.807, 2.05) is 13.8 Å². The second-order valence-corrected chi connectivity index (χ2v) is 3.78. The van der Waals surface area contributed by atoms with E-state index in [4.69, 9.17) is 4.74 Å². The number of esters is 1. The zero-order valence-electron chi connectivity index (χ0n) is 9.80. The Morgan fingerprint density at radius 2 is 1.93 bits per heavy atom. The number of rotatable bonds is 6. The summed E-state index contributed by atoms with van der Waals surface area (Å²) in [5.41, 5.74) is 1.09. The van der Waals surface area contributed by atoms with Crippen molar-refractivity contribution in [2.45, 2.75) is 40.0 Å². The summed E-state index contributed by atoms with van der Waals surface area (Å²) in [5.74, 6) is 0.156. The van der Waals surface area contributed by atoms with Crippen molar-refractivity contribution >= 4 is 5.97 Å². The zero-order valence-corrected chi connectivity index (χ0v) is 9.80. The number of allylic oxidation sites excluding steroid dienone is 1. The second-order valence-electron chi connectivity index (χ2n) is 3.78. The highest BCUT2D eigenvalue weighted by atomic mass is 16.5. The fourth-order valence-corrected chi connectivity index (χ4v) is 1.87. The molecule has 2 heteroatoms. The van der Waals surface area contributed by atoms with Crippen LogP contribution in [0.5, 0.6) is 0 Å². The Kier molecular flexibility index (Phi) is 6.26. The van der Waals surface area contributed by atoms with Gasteiger partial charge in [-0.25, -0.2) is 0 Å². The van der Waals surface area contributed by atoms with Crippen LogP contribution in [0, 0.1) is 11.8 Å². The van der Waals surface area contributed by atoms with E-state index in [2.05, 4.69) is 13.5 Å². The molecule has 0 amide bonds. The highest BCUT2D eigenvalue weighted by Gasteiger charge is 2.27. The maximum atomic E-state index is 11.5. The average Bonchev–Trinajstić information content (AvgIpc) is 2.16. The van der Waals surface area contributed by atoms with E-state index in [9.17, 15) is 4.79 Å². The van der Waals surface area contributed by atoms with Crippen LogP contribution in [-0.4, -0.2) is 13.1 Å². The summed E-state index contributed by atoms with van der Waals surface area (Å²) in [6, 6.07) is 0. The third-order valence-corrected chi connectivity index (χ3v) is 2.66. The molecule has 0 N–H and O–H groups in total. The lowest BCUT2D eigenvalue weighted by molar-refractivity contribution is -0.147. The van der Waals surface area contributed by atoms with Crippen LogP contribution in [-0.2, 0) is 9.53 Å². The van der Waals surface area contributed by atoms with Crippen LogP contribution in [0.25, 0.3) is 0 Å². The second kappa shape index (κ2) is 6.63. The summed E-state index contributed by atoms with van der Waals surface area (Å²) in [7, 11) is 1.45. The van der Waals surface area contributed by atoms with E-state index in [-0.39, 0.29) is 17.8 Å². The molecule has 0 aromatic rings. The van der Waals surface area contributed by atoms with Crippen LogP contribution < -0.4 is 0 Å². The minimum Gasteiger partial charge on any atom is -0.469 e. The van der Waals surface area contributed by atoms with Gasteiger partial charge in [0.25, 0.3) is 0 Å². The Hall–Kier alpha value is -0.790. The van der Waals surface area contributed by atoms with Crippen molar-refractivity contribution in [1.82, 2.24) is 0 Å². The molecular weight excluding hydrogens is 176 g/mol. The van der Waals surface area contributed by atoms with E-state index in [1.54, 1.807) is 0 Å². The lowest BCUT2D eigenvalue weighted by Gasteiger charge is -2.24. The average molecular weight is 198 g/mol. The zero-order chi connectivity index (χ0) is 11.1. The molecule has 2 nitrogen and oxygen atoms in total. The van der Waals surface area contributed by atoms with Crippen LogP contribution >= 0.6 is 0 Å². The van der Waals surface area contributed by atoms with E-state index < -0.39 is 0 Å². The Labute approximate surface area is 87.3 Å². The largest absolute Gasteiger partial charge is 0.469 e. The number of hydrogen-bond acceptors (Lipinski definition) is 2. The summed E-state index contributed by atoms with van der Waals surface area (Å²) in [4.78, 5) is 11.5. The molecule has 0 aromatic carbocycles. The molecule has 0 heterocycles. The van der Waals surface area contributed by atoms with E-state index in [0.717, 1.165) is 24.8 Å². The summed E-state index contributed by atoms with van der Waals surface area (Å²) < 4.78 is 4.80. The molecule has 0 bridgehead atoms. The Balaban J connectivity index is 4.57. The van der Waals surface area contributed by atoms with Crippen molar-refractivity contribution in [3.05, 3.63) is 12.2 Å². The van der Waals surface area contributed by atoms with Crippen LogP contribution in [0.3, 0.4) is 0 Å². The van der Waals surface area contributed by atoms with E-state index in [1.165, 1.54) is 7.11 Å². The lowest BCUT2D eigenvalue weighted by atomic mass is 9.82. The normalized spacial score (nSPS) is 14.6. The topological polar surface area (TPSA) is 26.3 Å². The van der Waals surface area contributed by atoms with Crippen LogP contribution in [0.2, 0.25) is 0 Å². The standard InChI is InChI=1S/C12H22O2/c1-6-8-11(9(3)4)10(7-2)12(13)14-5/h10-11H,3,6-8H2,1-2,4-5H3/t10-,11-/m0/s1. The fourth-order valence-electron chi connectivity index (χ4n) is 1.87. The van der Waals surface area contributed by atoms with Crippen molar-refractivity contribution in [2.75, 3.05) is 7.11 Å². The van der Waals surface area contributed by atoms with Gasteiger partial charge in [0.2, 0.25) is 0 Å². The quantitative estimate of drug-likeness (QED) is 0.484. The first-order chi connectivity index (χ1) is 6.58. The molecule has 0 aliphatic rings. The maximum Gasteiger partial charge on any atom is 0.309 e. The van der Waals surface area contributed by atoms with E-state index in [0.29, 0.717) is 0 Å². The van der Waals surface area contributed by atoms with Crippen molar-refractivity contribution in [3.8, 4) is 0 Å². The Morgan fingerprint density at radius 3 is 2.21 bits per heavy atom. The molecule has 0 radical (unpaired) electrons. The van der Waals surface area contributed by atoms with Gasteiger partial charge in [0.1, 0.15) is 0 Å². The predicted octanol–water partition coefficient (Wildman–Crippen LogP) is 3.18. The molecule has 0 fully saturated rings. The summed E-state index contributed by atoms with van der Waals surface area (Å²) in [5, 5.41) is 0. The Bertz CT molecular complexity index is 196. The number of ether oxygens (including phenoxy) is 1. The predicted molar refractivity (Wildman–Crippen MR) is 59.0 cm³/mol. The first kappa shape index (κ1) is 13.2.